The van der Waals surface area contributed by atoms with Crippen molar-refractivity contribution in [3.63, 3.8) is 0 Å². The van der Waals surface area contributed by atoms with Gasteiger partial charge in [0.2, 0.25) is 5.91 Å². The van der Waals surface area contributed by atoms with Crippen molar-refractivity contribution in [1.29, 1.82) is 0 Å². The van der Waals surface area contributed by atoms with Crippen LogP contribution in [0.25, 0.3) is 0 Å². The van der Waals surface area contributed by atoms with Crippen LogP contribution in [-0.2, 0) is 9.59 Å². The molecule has 0 atom stereocenters. The minimum atomic E-state index is -1.02. The van der Waals surface area contributed by atoms with Crippen molar-refractivity contribution >= 4 is 17.8 Å². The lowest BCUT2D eigenvalue weighted by Crippen LogP contribution is -2.45. The zero-order valence-electron chi connectivity index (χ0n) is 10.2. The molecule has 4 amide bonds. The fraction of sp³-hybridized carbons (Fsp3) is 0.700. The first-order chi connectivity index (χ1) is 7.70. The van der Waals surface area contributed by atoms with E-state index in [4.69, 9.17) is 0 Å². The van der Waals surface area contributed by atoms with Crippen LogP contribution in [-0.4, -0.2) is 65.0 Å². The van der Waals surface area contributed by atoms with Gasteiger partial charge in [-0.1, -0.05) is 0 Å². The van der Waals surface area contributed by atoms with E-state index in [1.54, 1.807) is 13.8 Å². The van der Waals surface area contributed by atoms with E-state index >= 15 is 0 Å². The molecule has 1 rings (SSSR count). The standard InChI is InChI=1S/C10H17N3O4/c1-10(2,17)6-11-7(14)4-13-8(15)5-12(3)9(13)16/h17H,4-6H2,1-3H3,(H,11,14). The number of hydrogen-bond donors (Lipinski definition) is 2. The molecule has 7 heteroatoms. The lowest BCUT2D eigenvalue weighted by Gasteiger charge is -2.19. The number of urea groups is 1. The minimum absolute atomic E-state index is 0.00237. The van der Waals surface area contributed by atoms with E-state index in [9.17, 15) is 19.5 Å². The summed E-state index contributed by atoms with van der Waals surface area (Å²) in [6.07, 6.45) is 0. The van der Waals surface area contributed by atoms with Crippen molar-refractivity contribution in [2.24, 2.45) is 0 Å². The molecule has 1 saturated heterocycles. The molecule has 0 aromatic rings. The van der Waals surface area contributed by atoms with Crippen molar-refractivity contribution < 1.29 is 19.5 Å². The van der Waals surface area contributed by atoms with E-state index in [-0.39, 0.29) is 19.6 Å². The van der Waals surface area contributed by atoms with Crippen molar-refractivity contribution in [2.45, 2.75) is 19.4 Å². The Morgan fingerprint density at radius 2 is 2.06 bits per heavy atom. The molecule has 0 bridgehead atoms. The Morgan fingerprint density at radius 1 is 1.47 bits per heavy atom. The molecule has 0 radical (unpaired) electrons. The molecular weight excluding hydrogens is 226 g/mol. The number of carbonyl (C=O) groups is 3. The molecular formula is C10H17N3O4. The maximum Gasteiger partial charge on any atom is 0.327 e. The summed E-state index contributed by atoms with van der Waals surface area (Å²) in [5.41, 5.74) is -1.02. The summed E-state index contributed by atoms with van der Waals surface area (Å²) in [5, 5.41) is 11.9. The van der Waals surface area contributed by atoms with Crippen molar-refractivity contribution in [2.75, 3.05) is 26.7 Å². The summed E-state index contributed by atoms with van der Waals surface area (Å²) in [5.74, 6) is -0.861. The van der Waals surface area contributed by atoms with Crippen LogP contribution in [0.1, 0.15) is 13.8 Å². The zero-order valence-corrected chi connectivity index (χ0v) is 10.2. The first-order valence-electron chi connectivity index (χ1n) is 5.25. The number of rotatable bonds is 4. The average Bonchev–Trinajstić information content (AvgIpc) is 2.41. The van der Waals surface area contributed by atoms with Gasteiger partial charge >= 0.3 is 6.03 Å². The number of amides is 4. The van der Waals surface area contributed by atoms with Crippen LogP contribution < -0.4 is 5.32 Å². The smallest absolute Gasteiger partial charge is 0.327 e. The Hall–Kier alpha value is -1.63. The van der Waals surface area contributed by atoms with Crippen LogP contribution in [0, 0.1) is 0 Å². The molecule has 0 aromatic heterocycles. The lowest BCUT2D eigenvalue weighted by molar-refractivity contribution is -0.131. The normalized spacial score (nSPS) is 16.7. The molecule has 0 unspecified atom stereocenters. The highest BCUT2D eigenvalue weighted by molar-refractivity contribution is 6.04. The van der Waals surface area contributed by atoms with Gasteiger partial charge in [0.25, 0.3) is 5.91 Å². The third-order valence-electron chi connectivity index (χ3n) is 2.25. The number of likely N-dealkylation sites (N-methyl/N-ethyl adjacent to an activating group) is 1. The van der Waals surface area contributed by atoms with Gasteiger partial charge in [0.05, 0.1) is 5.60 Å². The van der Waals surface area contributed by atoms with Crippen LogP contribution in [0.2, 0.25) is 0 Å². The molecule has 1 heterocycles. The Labute approximate surface area is 99.4 Å². The summed E-state index contributed by atoms with van der Waals surface area (Å²) >= 11 is 0. The molecule has 0 spiro atoms. The number of aliphatic hydroxyl groups is 1. The molecule has 7 nitrogen and oxygen atoms in total. The number of carbonyl (C=O) groups excluding carboxylic acids is 3. The summed E-state index contributed by atoms with van der Waals surface area (Å²) in [6.45, 7) is 2.86. The second-order valence-electron chi connectivity index (χ2n) is 4.71. The highest BCUT2D eigenvalue weighted by atomic mass is 16.3. The van der Waals surface area contributed by atoms with Gasteiger partial charge in [-0.25, -0.2) is 4.79 Å². The topological polar surface area (TPSA) is 90.0 Å². The maximum atomic E-state index is 11.5. The third kappa shape index (κ3) is 3.70. The summed E-state index contributed by atoms with van der Waals surface area (Å²) in [6, 6.07) is -0.478. The van der Waals surface area contributed by atoms with E-state index < -0.39 is 23.4 Å². The molecule has 1 aliphatic rings. The molecule has 2 N–H and O–H groups in total. The molecule has 17 heavy (non-hydrogen) atoms. The van der Waals surface area contributed by atoms with Crippen molar-refractivity contribution in [1.82, 2.24) is 15.1 Å². The quantitative estimate of drug-likeness (QED) is 0.605. The van der Waals surface area contributed by atoms with Crippen molar-refractivity contribution in [3.8, 4) is 0 Å². The number of hydrogen-bond acceptors (Lipinski definition) is 4. The second kappa shape index (κ2) is 4.70. The predicted molar refractivity (Wildman–Crippen MR) is 59.0 cm³/mol. The van der Waals surface area contributed by atoms with Gasteiger partial charge in [0.1, 0.15) is 13.1 Å². The monoisotopic (exact) mass is 243 g/mol. The van der Waals surface area contributed by atoms with Gasteiger partial charge in [0, 0.05) is 13.6 Å². The van der Waals surface area contributed by atoms with E-state index in [2.05, 4.69) is 5.32 Å². The fourth-order valence-corrected chi connectivity index (χ4v) is 1.34. The average molecular weight is 243 g/mol. The Morgan fingerprint density at radius 3 is 2.47 bits per heavy atom. The Balaban J connectivity index is 2.47. The molecule has 0 saturated carbocycles. The van der Waals surface area contributed by atoms with E-state index in [0.29, 0.717) is 0 Å². The van der Waals surface area contributed by atoms with Gasteiger partial charge < -0.3 is 15.3 Å². The SMILES string of the molecule is CN1CC(=O)N(CC(=O)NCC(C)(C)O)C1=O. The molecule has 0 aromatic carbocycles. The highest BCUT2D eigenvalue weighted by Crippen LogP contribution is 2.07. The first kappa shape index (κ1) is 13.4. The molecule has 0 aliphatic carbocycles. The van der Waals surface area contributed by atoms with Gasteiger partial charge in [-0.15, -0.1) is 0 Å². The summed E-state index contributed by atoms with van der Waals surface area (Å²) in [7, 11) is 1.50. The largest absolute Gasteiger partial charge is 0.389 e. The minimum Gasteiger partial charge on any atom is -0.389 e. The predicted octanol–water partition coefficient (Wildman–Crippen LogP) is -1.23. The van der Waals surface area contributed by atoms with E-state index in [0.717, 1.165) is 4.90 Å². The first-order valence-corrected chi connectivity index (χ1v) is 5.25. The van der Waals surface area contributed by atoms with Crippen LogP contribution in [0.4, 0.5) is 4.79 Å². The van der Waals surface area contributed by atoms with Gasteiger partial charge in [-0.2, -0.15) is 0 Å². The number of nitrogens with zero attached hydrogens (tertiary/aromatic N) is 2. The Bertz CT molecular complexity index is 348. The molecule has 96 valence electrons. The van der Waals surface area contributed by atoms with Crippen LogP contribution in [0.5, 0.6) is 0 Å². The van der Waals surface area contributed by atoms with Crippen LogP contribution in [0.15, 0.2) is 0 Å². The Kier molecular flexibility index (Phi) is 3.72. The molecule has 1 fully saturated rings. The van der Waals surface area contributed by atoms with Gasteiger partial charge in [-0.3, -0.25) is 14.5 Å². The van der Waals surface area contributed by atoms with Crippen LogP contribution >= 0.6 is 0 Å². The summed E-state index contributed by atoms with van der Waals surface area (Å²) in [4.78, 5) is 36.4. The van der Waals surface area contributed by atoms with Gasteiger partial charge in [0.15, 0.2) is 0 Å². The lowest BCUT2D eigenvalue weighted by atomic mass is 10.1. The van der Waals surface area contributed by atoms with E-state index in [1.807, 2.05) is 0 Å². The third-order valence-corrected chi connectivity index (χ3v) is 2.25. The van der Waals surface area contributed by atoms with Gasteiger partial charge in [-0.05, 0) is 13.8 Å². The second-order valence-corrected chi connectivity index (χ2v) is 4.71. The number of nitrogens with one attached hydrogen (secondary N) is 1. The number of imide groups is 1. The zero-order chi connectivity index (χ0) is 13.2. The van der Waals surface area contributed by atoms with Crippen molar-refractivity contribution in [3.05, 3.63) is 0 Å². The maximum absolute atomic E-state index is 11.5. The van der Waals surface area contributed by atoms with E-state index in [1.165, 1.54) is 11.9 Å². The fourth-order valence-electron chi connectivity index (χ4n) is 1.34. The highest BCUT2D eigenvalue weighted by Gasteiger charge is 2.34. The van der Waals surface area contributed by atoms with Crippen LogP contribution in [0.3, 0.4) is 0 Å². The summed E-state index contributed by atoms with van der Waals surface area (Å²) < 4.78 is 0. The molecule has 1 aliphatic heterocycles.